The number of methoxy groups -OCH3 is 1. The van der Waals surface area contributed by atoms with Crippen LogP contribution in [0.4, 0.5) is 10.5 Å². The topological polar surface area (TPSA) is 106 Å². The van der Waals surface area contributed by atoms with E-state index in [4.69, 9.17) is 15.2 Å². The van der Waals surface area contributed by atoms with Gasteiger partial charge in [0.05, 0.1) is 6.10 Å². The molecule has 30 heavy (non-hydrogen) atoms. The van der Waals surface area contributed by atoms with Crippen molar-refractivity contribution in [2.24, 2.45) is 10.9 Å². The minimum Gasteiger partial charge on any atom is -0.444 e. The van der Waals surface area contributed by atoms with Gasteiger partial charge in [0.15, 0.2) is 0 Å². The van der Waals surface area contributed by atoms with Crippen molar-refractivity contribution in [3.05, 3.63) is 28.8 Å². The van der Waals surface area contributed by atoms with Gasteiger partial charge in [0.2, 0.25) is 0 Å². The second kappa shape index (κ2) is 9.93. The molecule has 166 valence electrons. The van der Waals surface area contributed by atoms with Gasteiger partial charge >= 0.3 is 6.09 Å². The number of anilines is 1. The van der Waals surface area contributed by atoms with Gasteiger partial charge < -0.3 is 25.4 Å². The van der Waals surface area contributed by atoms with Crippen molar-refractivity contribution < 1.29 is 19.1 Å². The zero-order valence-corrected chi connectivity index (χ0v) is 18.8. The van der Waals surface area contributed by atoms with Crippen molar-refractivity contribution in [1.29, 1.82) is 0 Å². The monoisotopic (exact) mass is 418 g/mol. The van der Waals surface area contributed by atoms with E-state index in [1.807, 2.05) is 34.6 Å². The summed E-state index contributed by atoms with van der Waals surface area (Å²) in [6.07, 6.45) is 1.34. The summed E-state index contributed by atoms with van der Waals surface area (Å²) in [6.45, 7) is 11.6. The molecule has 1 saturated heterocycles. The van der Waals surface area contributed by atoms with Crippen LogP contribution in [-0.2, 0) is 9.47 Å². The number of aliphatic imine (C=N–C) groups is 1. The molecule has 3 N–H and O–H groups in total. The van der Waals surface area contributed by atoms with Gasteiger partial charge in [0.25, 0.3) is 5.91 Å². The van der Waals surface area contributed by atoms with E-state index in [0.717, 1.165) is 5.56 Å². The minimum atomic E-state index is -0.491. The van der Waals surface area contributed by atoms with E-state index in [1.54, 1.807) is 30.4 Å². The number of nitrogens with two attached hydrogens (primary N) is 1. The average molecular weight is 419 g/mol. The number of nitrogen functional groups attached to an aromatic ring is 1. The molecule has 0 saturated carbocycles. The molecular weight excluding hydrogens is 384 g/mol. The maximum Gasteiger partial charge on any atom is 0.410 e. The molecule has 0 spiro atoms. The summed E-state index contributed by atoms with van der Waals surface area (Å²) < 4.78 is 10.5. The molecule has 1 heterocycles. The number of likely N-dealkylation sites (tertiary alicyclic amines) is 1. The van der Waals surface area contributed by atoms with Crippen LogP contribution in [0.3, 0.4) is 0 Å². The van der Waals surface area contributed by atoms with Crippen LogP contribution in [0.2, 0.25) is 0 Å². The fraction of sp³-hybridized carbons (Fsp3) is 0.591. The lowest BCUT2D eigenvalue weighted by Gasteiger charge is -2.39. The maximum atomic E-state index is 12.5. The second-order valence-electron chi connectivity index (χ2n) is 8.80. The van der Waals surface area contributed by atoms with Crippen LogP contribution in [0, 0.1) is 12.8 Å². The summed E-state index contributed by atoms with van der Waals surface area (Å²) in [6, 6.07) is 3.54. The number of aryl methyl sites for hydroxylation is 1. The van der Waals surface area contributed by atoms with E-state index in [-0.39, 0.29) is 18.1 Å². The fourth-order valence-electron chi connectivity index (χ4n) is 2.98. The molecule has 1 unspecified atom stereocenters. The molecule has 2 rings (SSSR count). The van der Waals surface area contributed by atoms with Gasteiger partial charge in [-0.3, -0.25) is 9.79 Å². The third-order valence-electron chi connectivity index (χ3n) is 4.83. The highest BCUT2D eigenvalue weighted by Crippen LogP contribution is 2.21. The molecule has 8 nitrogen and oxygen atoms in total. The van der Waals surface area contributed by atoms with Gasteiger partial charge in [-0.25, -0.2) is 4.79 Å². The third-order valence-corrected chi connectivity index (χ3v) is 4.83. The van der Waals surface area contributed by atoms with Crippen molar-refractivity contribution in [3.8, 4) is 0 Å². The Bertz CT molecular complexity index is 795. The Morgan fingerprint density at radius 2 is 2.03 bits per heavy atom. The van der Waals surface area contributed by atoms with E-state index in [9.17, 15) is 9.59 Å². The molecule has 1 aromatic rings. The van der Waals surface area contributed by atoms with Crippen LogP contribution < -0.4 is 11.1 Å². The Morgan fingerprint density at radius 1 is 1.37 bits per heavy atom. The highest BCUT2D eigenvalue weighted by molar-refractivity contribution is 5.99. The zero-order chi connectivity index (χ0) is 22.5. The lowest BCUT2D eigenvalue weighted by Crippen LogP contribution is -2.52. The summed E-state index contributed by atoms with van der Waals surface area (Å²) >= 11 is 0. The minimum absolute atomic E-state index is 0.0632. The first-order valence-corrected chi connectivity index (χ1v) is 10.2. The molecule has 1 aromatic carbocycles. The summed E-state index contributed by atoms with van der Waals surface area (Å²) in [5, 5.41) is 2.86. The molecule has 0 radical (unpaired) electrons. The number of hydrogen-bond donors (Lipinski definition) is 2. The van der Waals surface area contributed by atoms with Gasteiger partial charge in [-0.2, -0.15) is 0 Å². The number of carbonyl (C=O) groups is 2. The Kier molecular flexibility index (Phi) is 7.83. The summed E-state index contributed by atoms with van der Waals surface area (Å²) in [5.41, 5.74) is 8.26. The molecule has 1 aliphatic heterocycles. The molecule has 0 aromatic heterocycles. The molecule has 2 amide bonds. The van der Waals surface area contributed by atoms with Crippen molar-refractivity contribution in [2.45, 2.75) is 46.3 Å². The first kappa shape index (κ1) is 23.7. The number of ether oxygens (including phenoxy) is 2. The normalized spacial score (nSPS) is 15.7. The third kappa shape index (κ3) is 6.73. The second-order valence-corrected chi connectivity index (χ2v) is 8.80. The maximum absolute atomic E-state index is 12.5. The number of benzene rings is 1. The van der Waals surface area contributed by atoms with Crippen LogP contribution >= 0.6 is 0 Å². The lowest BCUT2D eigenvalue weighted by atomic mass is 10.0. The molecule has 1 atom stereocenters. The number of hydrogen-bond acceptors (Lipinski definition) is 6. The van der Waals surface area contributed by atoms with Crippen molar-refractivity contribution in [3.63, 3.8) is 0 Å². The Labute approximate surface area is 178 Å². The van der Waals surface area contributed by atoms with Crippen molar-refractivity contribution >= 4 is 23.9 Å². The average Bonchev–Trinajstić information content (AvgIpc) is 2.61. The zero-order valence-electron chi connectivity index (χ0n) is 18.8. The number of nitrogens with zero attached hydrogens (tertiary/aromatic N) is 2. The highest BCUT2D eigenvalue weighted by Gasteiger charge is 2.33. The van der Waals surface area contributed by atoms with Crippen LogP contribution in [-0.4, -0.2) is 68.1 Å². The van der Waals surface area contributed by atoms with Crippen molar-refractivity contribution in [2.75, 3.05) is 39.0 Å². The SMILES string of the molecule is COC(C)CNC(=O)c1cc(C=NCC2CN(C(=O)OC(C)(C)C)C2)c(N)cc1C. The Morgan fingerprint density at radius 3 is 2.63 bits per heavy atom. The smallest absolute Gasteiger partial charge is 0.410 e. The van der Waals surface area contributed by atoms with Gasteiger partial charge in [-0.1, -0.05) is 0 Å². The number of amides is 2. The predicted molar refractivity (Wildman–Crippen MR) is 118 cm³/mol. The summed E-state index contributed by atoms with van der Waals surface area (Å²) in [5.74, 6) is 0.122. The lowest BCUT2D eigenvalue weighted by molar-refractivity contribution is 0.000408. The Balaban J connectivity index is 1.91. The largest absolute Gasteiger partial charge is 0.444 e. The first-order chi connectivity index (χ1) is 14.0. The number of nitrogens with one attached hydrogen (secondary N) is 1. The molecular formula is C22H34N4O4. The van der Waals surface area contributed by atoms with E-state index in [1.165, 1.54) is 0 Å². The van der Waals surface area contributed by atoms with Gasteiger partial charge in [0.1, 0.15) is 5.60 Å². The molecule has 0 aliphatic carbocycles. The molecule has 0 bridgehead atoms. The standard InChI is InChI=1S/C22H34N4O4/c1-14-7-19(23)17(8-18(14)20(27)25-9-15(2)29-6)11-24-10-16-12-26(13-16)21(28)30-22(3,4)5/h7-8,11,15-16H,9-10,12-13,23H2,1-6H3,(H,25,27). The number of rotatable bonds is 7. The quantitative estimate of drug-likeness (QED) is 0.523. The first-order valence-electron chi connectivity index (χ1n) is 10.2. The van der Waals surface area contributed by atoms with E-state index in [2.05, 4.69) is 10.3 Å². The fourth-order valence-corrected chi connectivity index (χ4v) is 2.98. The van der Waals surface area contributed by atoms with Crippen LogP contribution in [0.5, 0.6) is 0 Å². The molecule has 1 fully saturated rings. The molecule has 8 heteroatoms. The van der Waals surface area contributed by atoms with Crippen molar-refractivity contribution in [1.82, 2.24) is 10.2 Å². The summed E-state index contributed by atoms with van der Waals surface area (Å²) in [7, 11) is 1.61. The summed E-state index contributed by atoms with van der Waals surface area (Å²) in [4.78, 5) is 30.6. The van der Waals surface area contributed by atoms with Crippen LogP contribution in [0.25, 0.3) is 0 Å². The van der Waals surface area contributed by atoms with E-state index in [0.29, 0.717) is 48.9 Å². The highest BCUT2D eigenvalue weighted by atomic mass is 16.6. The van der Waals surface area contributed by atoms with Gasteiger partial charge in [0, 0.05) is 62.2 Å². The van der Waals surface area contributed by atoms with Gasteiger partial charge in [-0.05, 0) is 52.3 Å². The van der Waals surface area contributed by atoms with Crippen LogP contribution in [0.1, 0.15) is 49.2 Å². The van der Waals surface area contributed by atoms with E-state index >= 15 is 0 Å². The number of carbonyl (C=O) groups excluding carboxylic acids is 2. The predicted octanol–water partition coefficient (Wildman–Crippen LogP) is 2.63. The molecule has 1 aliphatic rings. The van der Waals surface area contributed by atoms with Gasteiger partial charge in [-0.15, -0.1) is 0 Å². The Hall–Kier alpha value is -2.61. The van der Waals surface area contributed by atoms with Crippen LogP contribution in [0.15, 0.2) is 17.1 Å². The van der Waals surface area contributed by atoms with E-state index < -0.39 is 5.60 Å².